The van der Waals surface area contributed by atoms with Crippen LogP contribution in [0, 0.1) is 0 Å². The van der Waals surface area contributed by atoms with Gasteiger partial charge in [-0.1, -0.05) is 188 Å². The fraction of sp³-hybridized carbons (Fsp3) is 0.0189. The smallest absolute Gasteiger partial charge is 0.0714 e. The molecule has 258 valence electrons. The van der Waals surface area contributed by atoms with Gasteiger partial charge in [-0.05, 0) is 68.4 Å². The highest BCUT2D eigenvalue weighted by Gasteiger charge is 2.47. The Morgan fingerprint density at radius 1 is 0.345 bits per heavy atom. The minimum absolute atomic E-state index is 0.505. The van der Waals surface area contributed by atoms with Crippen molar-refractivity contribution < 1.29 is 0 Å². The van der Waals surface area contributed by atoms with E-state index in [1.54, 1.807) is 0 Å². The zero-order valence-corrected chi connectivity index (χ0v) is 30.9. The second-order valence-electron chi connectivity index (χ2n) is 14.4. The van der Waals surface area contributed by atoms with Crippen molar-refractivity contribution in [2.24, 2.45) is 0 Å². The topological polar surface area (TPSA) is 3.24 Å². The molecule has 0 spiro atoms. The zero-order chi connectivity index (χ0) is 36.3. The Labute approximate surface area is 325 Å². The molecule has 0 bridgehead atoms. The lowest BCUT2D eigenvalue weighted by Gasteiger charge is -2.34. The molecule has 9 aromatic carbocycles. The fourth-order valence-electron chi connectivity index (χ4n) is 9.31. The van der Waals surface area contributed by atoms with E-state index < -0.39 is 5.41 Å². The molecule has 1 heterocycles. The van der Waals surface area contributed by atoms with Crippen LogP contribution in [-0.2, 0) is 5.41 Å². The lowest BCUT2D eigenvalue weighted by molar-refractivity contribution is 0.768. The summed E-state index contributed by atoms with van der Waals surface area (Å²) in [4.78, 5) is 2.57. The average molecular weight is 718 g/mol. The zero-order valence-electron chi connectivity index (χ0n) is 30.1. The number of benzene rings is 9. The standard InChI is InChI=1S/C53H35NS/c1-3-20-37(21-4-1)53(38-22-5-2-6-23-38)45-30-12-9-27-44(45)51-46(53)31-17-33-48(51)54(49-34-16-29-43-42-26-11-14-35-50(42)55-52(43)49)47-32-13-10-25-41(47)40-28-15-19-36-18-7-8-24-39(36)40/h1-35H. The second kappa shape index (κ2) is 12.7. The summed E-state index contributed by atoms with van der Waals surface area (Å²) in [5.74, 6) is 0. The average Bonchev–Trinajstić information content (AvgIpc) is 3.79. The molecule has 1 aromatic heterocycles. The Balaban J connectivity index is 1.28. The summed E-state index contributed by atoms with van der Waals surface area (Å²) >= 11 is 1.88. The summed E-state index contributed by atoms with van der Waals surface area (Å²) in [6.07, 6.45) is 0. The van der Waals surface area contributed by atoms with E-state index in [1.165, 1.54) is 81.1 Å². The molecule has 1 nitrogen and oxygen atoms in total. The number of fused-ring (bicyclic) bond motifs is 7. The molecule has 1 aliphatic rings. The van der Waals surface area contributed by atoms with Gasteiger partial charge >= 0.3 is 0 Å². The van der Waals surface area contributed by atoms with Gasteiger partial charge in [0.25, 0.3) is 0 Å². The fourth-order valence-corrected chi connectivity index (χ4v) is 10.5. The number of hydrogen-bond acceptors (Lipinski definition) is 2. The minimum atomic E-state index is -0.505. The van der Waals surface area contributed by atoms with Crippen molar-refractivity contribution in [1.29, 1.82) is 0 Å². The molecule has 0 N–H and O–H groups in total. The van der Waals surface area contributed by atoms with Crippen LogP contribution >= 0.6 is 11.3 Å². The Bertz CT molecular complexity index is 3000. The van der Waals surface area contributed by atoms with E-state index in [2.05, 4.69) is 217 Å². The maximum Gasteiger partial charge on any atom is 0.0714 e. The lowest BCUT2D eigenvalue weighted by atomic mass is 9.68. The predicted molar refractivity (Wildman–Crippen MR) is 234 cm³/mol. The largest absolute Gasteiger partial charge is 0.308 e. The first-order valence-corrected chi connectivity index (χ1v) is 19.8. The highest BCUT2D eigenvalue weighted by atomic mass is 32.1. The number of anilines is 3. The summed E-state index contributed by atoms with van der Waals surface area (Å²) in [6, 6.07) is 78.3. The van der Waals surface area contributed by atoms with E-state index in [0.29, 0.717) is 0 Å². The Hall–Kier alpha value is -6.74. The molecule has 0 saturated carbocycles. The minimum Gasteiger partial charge on any atom is -0.308 e. The maximum absolute atomic E-state index is 2.57. The van der Waals surface area contributed by atoms with Crippen LogP contribution in [0.1, 0.15) is 22.3 Å². The number of nitrogens with zero attached hydrogens (tertiary/aromatic N) is 1. The normalized spacial score (nSPS) is 12.9. The molecule has 0 atom stereocenters. The van der Waals surface area contributed by atoms with Crippen LogP contribution < -0.4 is 4.90 Å². The molecular formula is C53H35NS. The van der Waals surface area contributed by atoms with Crippen LogP contribution in [0.15, 0.2) is 212 Å². The first kappa shape index (κ1) is 31.8. The number of hydrogen-bond donors (Lipinski definition) is 0. The molecule has 55 heavy (non-hydrogen) atoms. The van der Waals surface area contributed by atoms with Crippen molar-refractivity contribution in [2.45, 2.75) is 5.41 Å². The van der Waals surface area contributed by atoms with Gasteiger partial charge in [0.1, 0.15) is 0 Å². The van der Waals surface area contributed by atoms with Gasteiger partial charge in [0, 0.05) is 26.6 Å². The van der Waals surface area contributed by atoms with E-state index in [1.807, 2.05) is 11.3 Å². The van der Waals surface area contributed by atoms with E-state index in [4.69, 9.17) is 0 Å². The van der Waals surface area contributed by atoms with Crippen LogP contribution in [0.25, 0.3) is 53.2 Å². The van der Waals surface area contributed by atoms with Crippen molar-refractivity contribution in [3.63, 3.8) is 0 Å². The van der Waals surface area contributed by atoms with Crippen LogP contribution in [0.2, 0.25) is 0 Å². The van der Waals surface area contributed by atoms with Crippen molar-refractivity contribution in [3.8, 4) is 22.3 Å². The van der Waals surface area contributed by atoms with Gasteiger partial charge in [-0.15, -0.1) is 11.3 Å². The molecule has 0 unspecified atom stereocenters. The molecule has 0 radical (unpaired) electrons. The van der Waals surface area contributed by atoms with Gasteiger partial charge in [-0.2, -0.15) is 0 Å². The number of para-hydroxylation sites is 1. The van der Waals surface area contributed by atoms with Crippen LogP contribution in [0.5, 0.6) is 0 Å². The Morgan fingerprint density at radius 3 is 1.69 bits per heavy atom. The van der Waals surface area contributed by atoms with Crippen LogP contribution in [0.4, 0.5) is 17.1 Å². The molecule has 11 rings (SSSR count). The highest BCUT2D eigenvalue weighted by Crippen LogP contribution is 2.60. The Kier molecular flexibility index (Phi) is 7.33. The molecule has 0 amide bonds. The molecule has 0 saturated heterocycles. The van der Waals surface area contributed by atoms with E-state index in [0.717, 1.165) is 11.4 Å². The van der Waals surface area contributed by atoms with Crippen molar-refractivity contribution >= 4 is 59.3 Å². The number of rotatable bonds is 6. The van der Waals surface area contributed by atoms with Gasteiger partial charge in [0.2, 0.25) is 0 Å². The molecule has 1 aliphatic carbocycles. The van der Waals surface area contributed by atoms with E-state index >= 15 is 0 Å². The summed E-state index contributed by atoms with van der Waals surface area (Å²) in [7, 11) is 0. The Morgan fingerprint density at radius 2 is 0.873 bits per heavy atom. The first-order valence-electron chi connectivity index (χ1n) is 18.9. The second-order valence-corrected chi connectivity index (χ2v) is 15.4. The first-order chi connectivity index (χ1) is 27.3. The number of thiophene rings is 1. The molecule has 0 fully saturated rings. The van der Waals surface area contributed by atoms with Crippen LogP contribution in [0.3, 0.4) is 0 Å². The third-order valence-electron chi connectivity index (χ3n) is 11.6. The lowest BCUT2D eigenvalue weighted by Crippen LogP contribution is -2.28. The summed E-state index contributed by atoms with van der Waals surface area (Å²) in [6.45, 7) is 0. The maximum atomic E-state index is 2.57. The van der Waals surface area contributed by atoms with E-state index in [9.17, 15) is 0 Å². The van der Waals surface area contributed by atoms with Gasteiger partial charge in [-0.25, -0.2) is 0 Å². The summed E-state index contributed by atoms with van der Waals surface area (Å²) in [5.41, 5.74) is 13.0. The van der Waals surface area contributed by atoms with Crippen molar-refractivity contribution in [3.05, 3.63) is 235 Å². The quantitative estimate of drug-likeness (QED) is 0.166. The SMILES string of the molecule is c1ccc(C2(c3ccccc3)c3ccccc3-c3c(N(c4ccccc4-c4cccc5ccccc45)c4cccc5c4sc4ccccc45)cccc32)cc1. The van der Waals surface area contributed by atoms with Crippen LogP contribution in [-0.4, -0.2) is 0 Å². The molecule has 0 aliphatic heterocycles. The molecule has 10 aromatic rings. The van der Waals surface area contributed by atoms with Crippen molar-refractivity contribution in [2.75, 3.05) is 4.90 Å². The summed E-state index contributed by atoms with van der Waals surface area (Å²) < 4.78 is 2.57. The van der Waals surface area contributed by atoms with Crippen molar-refractivity contribution in [1.82, 2.24) is 0 Å². The molecular weight excluding hydrogens is 683 g/mol. The summed E-state index contributed by atoms with van der Waals surface area (Å²) in [5, 5.41) is 5.05. The van der Waals surface area contributed by atoms with Gasteiger partial charge in [-0.3, -0.25) is 0 Å². The van der Waals surface area contributed by atoms with Gasteiger partial charge in [0.05, 0.1) is 27.2 Å². The van der Waals surface area contributed by atoms with Gasteiger partial charge in [0.15, 0.2) is 0 Å². The highest BCUT2D eigenvalue weighted by molar-refractivity contribution is 7.26. The molecule has 2 heteroatoms. The predicted octanol–water partition coefficient (Wildman–Crippen LogP) is 14.7. The van der Waals surface area contributed by atoms with E-state index in [-0.39, 0.29) is 0 Å². The monoisotopic (exact) mass is 717 g/mol. The third kappa shape index (κ3) is 4.72. The third-order valence-corrected chi connectivity index (χ3v) is 12.8. The van der Waals surface area contributed by atoms with Gasteiger partial charge < -0.3 is 4.90 Å².